The third-order valence-electron chi connectivity index (χ3n) is 4.61. The van der Waals surface area contributed by atoms with E-state index in [1.54, 1.807) is 19.1 Å². The van der Waals surface area contributed by atoms with Crippen LogP contribution in [0.1, 0.15) is 35.8 Å². The van der Waals surface area contributed by atoms with Gasteiger partial charge in [-0.25, -0.2) is 9.18 Å². The van der Waals surface area contributed by atoms with Gasteiger partial charge in [-0.15, -0.1) is 0 Å². The summed E-state index contributed by atoms with van der Waals surface area (Å²) in [6, 6.07) is 5.05. The maximum atomic E-state index is 13.3. The average Bonchev–Trinajstić information content (AvgIpc) is 2.53. The molecule has 2 heterocycles. The molecular formula is C18H19FN2O3. The van der Waals surface area contributed by atoms with Crippen LogP contribution < -0.4 is 0 Å². The highest BCUT2D eigenvalue weighted by molar-refractivity contribution is 6.00. The van der Waals surface area contributed by atoms with Crippen LogP contribution in [0.25, 0.3) is 10.9 Å². The summed E-state index contributed by atoms with van der Waals surface area (Å²) in [5.41, 5.74) is 1.32. The third-order valence-corrected chi connectivity index (χ3v) is 4.61. The predicted molar refractivity (Wildman–Crippen MR) is 87.3 cm³/mol. The van der Waals surface area contributed by atoms with Crippen LogP contribution in [-0.2, 0) is 4.79 Å². The molecule has 1 aliphatic heterocycles. The van der Waals surface area contributed by atoms with Gasteiger partial charge in [-0.3, -0.25) is 9.78 Å². The maximum absolute atomic E-state index is 13.3. The number of aryl methyl sites for hydroxylation is 1. The number of benzene rings is 1. The predicted octanol–water partition coefficient (Wildman–Crippen LogP) is 3.01. The Morgan fingerprint density at radius 3 is 2.79 bits per heavy atom. The number of piperidine rings is 1. The van der Waals surface area contributed by atoms with Crippen LogP contribution in [0.15, 0.2) is 24.3 Å². The molecule has 1 amide bonds. The first kappa shape index (κ1) is 16.4. The molecular weight excluding hydrogens is 311 g/mol. The molecule has 5 nitrogen and oxygen atoms in total. The number of carbonyl (C=O) groups excluding carboxylic acids is 1. The van der Waals surface area contributed by atoms with Gasteiger partial charge in [0.2, 0.25) is 0 Å². The smallest absolute Gasteiger partial charge is 0.326 e. The number of carboxylic acid groups (broad SMARTS) is 1. The number of pyridine rings is 1. The van der Waals surface area contributed by atoms with E-state index in [4.69, 9.17) is 0 Å². The summed E-state index contributed by atoms with van der Waals surface area (Å²) >= 11 is 0. The van der Waals surface area contributed by atoms with Gasteiger partial charge in [-0.05, 0) is 43.9 Å². The van der Waals surface area contributed by atoms with Gasteiger partial charge in [0.15, 0.2) is 0 Å². The zero-order chi connectivity index (χ0) is 17.4. The van der Waals surface area contributed by atoms with Crippen LogP contribution >= 0.6 is 0 Å². The molecule has 2 aromatic rings. The summed E-state index contributed by atoms with van der Waals surface area (Å²) < 4.78 is 13.3. The molecule has 0 bridgehead atoms. The molecule has 2 unspecified atom stereocenters. The van der Waals surface area contributed by atoms with Gasteiger partial charge in [-0.2, -0.15) is 0 Å². The molecule has 126 valence electrons. The van der Waals surface area contributed by atoms with Crippen molar-refractivity contribution >= 4 is 22.8 Å². The highest BCUT2D eigenvalue weighted by Crippen LogP contribution is 2.26. The second-order valence-electron chi connectivity index (χ2n) is 6.44. The van der Waals surface area contributed by atoms with Gasteiger partial charge in [0.1, 0.15) is 11.9 Å². The lowest BCUT2D eigenvalue weighted by Gasteiger charge is -2.36. The van der Waals surface area contributed by atoms with Crippen LogP contribution in [0.5, 0.6) is 0 Å². The van der Waals surface area contributed by atoms with Crippen molar-refractivity contribution in [2.24, 2.45) is 5.92 Å². The van der Waals surface area contributed by atoms with Gasteiger partial charge in [-0.1, -0.05) is 6.92 Å². The summed E-state index contributed by atoms with van der Waals surface area (Å²) in [5, 5.41) is 10.1. The summed E-state index contributed by atoms with van der Waals surface area (Å²) in [4.78, 5) is 30.2. The number of fused-ring (bicyclic) bond motifs is 1. The zero-order valence-corrected chi connectivity index (χ0v) is 13.6. The van der Waals surface area contributed by atoms with E-state index in [-0.39, 0.29) is 17.6 Å². The van der Waals surface area contributed by atoms with Gasteiger partial charge in [0.05, 0.1) is 16.8 Å². The molecule has 3 rings (SSSR count). The third kappa shape index (κ3) is 2.96. The highest BCUT2D eigenvalue weighted by atomic mass is 19.1. The molecule has 2 atom stereocenters. The fraction of sp³-hybridized carbons (Fsp3) is 0.389. The van der Waals surface area contributed by atoms with Gasteiger partial charge in [0.25, 0.3) is 5.91 Å². The summed E-state index contributed by atoms with van der Waals surface area (Å²) in [6.07, 6.45) is 1.23. The number of aromatic nitrogens is 1. The second-order valence-corrected chi connectivity index (χ2v) is 6.44. The van der Waals surface area contributed by atoms with E-state index in [2.05, 4.69) is 4.98 Å². The fourth-order valence-corrected chi connectivity index (χ4v) is 3.23. The average molecular weight is 330 g/mol. The first-order valence-corrected chi connectivity index (χ1v) is 7.97. The monoisotopic (exact) mass is 330 g/mol. The van der Waals surface area contributed by atoms with Crippen molar-refractivity contribution in [1.29, 1.82) is 0 Å². The number of rotatable bonds is 2. The minimum absolute atomic E-state index is 0.272. The van der Waals surface area contributed by atoms with E-state index < -0.39 is 12.0 Å². The first-order valence-electron chi connectivity index (χ1n) is 7.97. The lowest BCUT2D eigenvalue weighted by atomic mass is 9.91. The van der Waals surface area contributed by atoms with Crippen molar-refractivity contribution in [1.82, 2.24) is 9.88 Å². The lowest BCUT2D eigenvalue weighted by molar-refractivity contribution is -0.144. The molecule has 1 saturated heterocycles. The summed E-state index contributed by atoms with van der Waals surface area (Å²) in [5.74, 6) is -1.42. The molecule has 1 fully saturated rings. The molecule has 1 aromatic carbocycles. The Hall–Kier alpha value is -2.50. The van der Waals surface area contributed by atoms with Crippen LogP contribution in [0.2, 0.25) is 0 Å². The highest BCUT2D eigenvalue weighted by Gasteiger charge is 2.35. The SMILES string of the molecule is Cc1nc2cc(F)ccc2cc1C(=O)N1CCC(C)CC1C(=O)O. The lowest BCUT2D eigenvalue weighted by Crippen LogP contribution is -2.50. The first-order chi connectivity index (χ1) is 11.4. The van der Waals surface area contributed by atoms with Crippen molar-refractivity contribution in [3.63, 3.8) is 0 Å². The number of hydrogen-bond acceptors (Lipinski definition) is 3. The number of hydrogen-bond donors (Lipinski definition) is 1. The van der Waals surface area contributed by atoms with Crippen LogP contribution in [-0.4, -0.2) is 39.5 Å². The van der Waals surface area contributed by atoms with Crippen LogP contribution in [0.3, 0.4) is 0 Å². The summed E-state index contributed by atoms with van der Waals surface area (Å²) in [7, 11) is 0. The van der Waals surface area contributed by atoms with Crippen molar-refractivity contribution in [2.45, 2.75) is 32.7 Å². The molecule has 0 spiro atoms. The fourth-order valence-electron chi connectivity index (χ4n) is 3.23. The largest absolute Gasteiger partial charge is 0.480 e. The van der Waals surface area contributed by atoms with Crippen LogP contribution in [0, 0.1) is 18.7 Å². The van der Waals surface area contributed by atoms with Crippen molar-refractivity contribution < 1.29 is 19.1 Å². The van der Waals surface area contributed by atoms with Crippen LogP contribution in [0.4, 0.5) is 4.39 Å². The standard InChI is InChI=1S/C18H19FN2O3/c1-10-5-6-21(16(7-10)18(23)24)17(22)14-8-12-3-4-13(19)9-15(12)20-11(14)2/h3-4,8-10,16H,5-7H2,1-2H3,(H,23,24). The minimum atomic E-state index is -0.983. The Bertz CT molecular complexity index is 821. The van der Waals surface area contributed by atoms with Gasteiger partial charge in [0, 0.05) is 18.0 Å². The zero-order valence-electron chi connectivity index (χ0n) is 13.6. The molecule has 0 saturated carbocycles. The Labute approximate surface area is 139 Å². The molecule has 1 aromatic heterocycles. The molecule has 0 radical (unpaired) electrons. The number of aliphatic carboxylic acids is 1. The van der Waals surface area contributed by atoms with Crippen molar-refractivity contribution in [2.75, 3.05) is 6.54 Å². The van der Waals surface area contributed by atoms with E-state index in [1.165, 1.54) is 17.0 Å². The summed E-state index contributed by atoms with van der Waals surface area (Å²) in [6.45, 7) is 4.09. The van der Waals surface area contributed by atoms with Gasteiger partial charge < -0.3 is 10.0 Å². The maximum Gasteiger partial charge on any atom is 0.326 e. The van der Waals surface area contributed by atoms with E-state index in [9.17, 15) is 19.1 Å². The van der Waals surface area contributed by atoms with Crippen molar-refractivity contribution in [3.05, 3.63) is 41.3 Å². The Balaban J connectivity index is 1.99. The quantitative estimate of drug-likeness (QED) is 0.919. The number of likely N-dealkylation sites (tertiary alicyclic amines) is 1. The number of halogens is 1. The Kier molecular flexibility index (Phi) is 4.22. The molecule has 6 heteroatoms. The molecule has 0 aliphatic carbocycles. The van der Waals surface area contributed by atoms with Gasteiger partial charge >= 0.3 is 5.97 Å². The number of carboxylic acids is 1. The topological polar surface area (TPSA) is 70.5 Å². The molecule has 1 N–H and O–H groups in total. The molecule has 24 heavy (non-hydrogen) atoms. The number of carbonyl (C=O) groups is 2. The van der Waals surface area contributed by atoms with Crippen molar-refractivity contribution in [3.8, 4) is 0 Å². The number of nitrogens with zero attached hydrogens (tertiary/aromatic N) is 2. The Morgan fingerprint density at radius 2 is 2.08 bits per heavy atom. The molecule has 1 aliphatic rings. The minimum Gasteiger partial charge on any atom is -0.480 e. The Morgan fingerprint density at radius 1 is 1.33 bits per heavy atom. The van der Waals surface area contributed by atoms with E-state index in [0.29, 0.717) is 35.1 Å². The number of amides is 1. The van der Waals surface area contributed by atoms with E-state index >= 15 is 0 Å². The normalized spacial score (nSPS) is 21.0. The second kappa shape index (κ2) is 6.19. The van der Waals surface area contributed by atoms with E-state index in [1.807, 2.05) is 6.92 Å². The van der Waals surface area contributed by atoms with E-state index in [0.717, 1.165) is 6.42 Å².